The molecule has 57 heavy (non-hydrogen) atoms. The first kappa shape index (κ1) is 55.5. The number of unbranched alkanes of at least 4 members (excludes halogenated alkanes) is 31. The summed E-state index contributed by atoms with van der Waals surface area (Å²) >= 11 is 0. The summed E-state index contributed by atoms with van der Waals surface area (Å²) in [4.78, 5) is 46.0. The normalized spacial score (nSPS) is 13.6. The molecule has 0 aliphatic heterocycles. The number of aliphatic carboxylic acids is 1. The Morgan fingerprint density at radius 3 is 1.11 bits per heavy atom. The maximum atomic E-state index is 12.6. The highest BCUT2D eigenvalue weighted by Crippen LogP contribution is 2.43. The molecular formula is C45H88NO10P. The Balaban J connectivity index is 4.21. The van der Waals surface area contributed by atoms with Crippen molar-refractivity contribution in [1.82, 2.24) is 0 Å². The van der Waals surface area contributed by atoms with Crippen molar-refractivity contribution < 1.29 is 47.5 Å². The number of carbonyl (C=O) groups is 3. The lowest BCUT2D eigenvalue weighted by molar-refractivity contribution is -0.161. The van der Waals surface area contributed by atoms with Gasteiger partial charge < -0.3 is 25.2 Å². The van der Waals surface area contributed by atoms with Crippen LogP contribution in [0.1, 0.15) is 239 Å². The lowest BCUT2D eigenvalue weighted by Gasteiger charge is -2.20. The van der Waals surface area contributed by atoms with E-state index >= 15 is 0 Å². The molecule has 0 rings (SSSR count). The fraction of sp³-hybridized carbons (Fsp3) is 0.933. The first-order valence-corrected chi connectivity index (χ1v) is 25.1. The number of phosphoric ester groups is 1. The standard InChI is InChI=1S/C45H88NO10P/c1-3-5-7-9-11-13-15-17-18-19-20-21-22-23-24-25-27-29-31-33-35-37-44(48)56-41(39-54-57(51,52)55-40-42(46)45(49)50)38-53-43(47)36-34-32-30-28-26-16-14-12-10-8-6-4-2/h41-42H,3-40,46H2,1-2H3,(H,49,50)(H,51,52)/t41-,42+/m1/s1. The quantitative estimate of drug-likeness (QED) is 0.0303. The monoisotopic (exact) mass is 834 g/mol. The highest BCUT2D eigenvalue weighted by atomic mass is 31.2. The second kappa shape index (κ2) is 41.2. The van der Waals surface area contributed by atoms with Gasteiger partial charge in [-0.1, -0.05) is 213 Å². The maximum Gasteiger partial charge on any atom is 0.472 e. The van der Waals surface area contributed by atoms with Gasteiger partial charge in [0.15, 0.2) is 6.10 Å². The maximum absolute atomic E-state index is 12.6. The average molecular weight is 834 g/mol. The molecule has 0 aromatic rings. The van der Waals surface area contributed by atoms with E-state index in [2.05, 4.69) is 18.4 Å². The fourth-order valence-corrected chi connectivity index (χ4v) is 7.67. The Morgan fingerprint density at radius 1 is 0.474 bits per heavy atom. The van der Waals surface area contributed by atoms with Gasteiger partial charge in [0.25, 0.3) is 0 Å². The number of hydrogen-bond acceptors (Lipinski definition) is 9. The zero-order chi connectivity index (χ0) is 42.1. The summed E-state index contributed by atoms with van der Waals surface area (Å²) in [5.41, 5.74) is 5.34. The predicted molar refractivity (Wildman–Crippen MR) is 231 cm³/mol. The van der Waals surface area contributed by atoms with Crippen LogP contribution >= 0.6 is 7.82 Å². The molecule has 0 saturated heterocycles. The fourth-order valence-electron chi connectivity index (χ4n) is 6.89. The lowest BCUT2D eigenvalue weighted by Crippen LogP contribution is -2.34. The summed E-state index contributed by atoms with van der Waals surface area (Å²) < 4.78 is 32.7. The molecule has 1 unspecified atom stereocenters. The summed E-state index contributed by atoms with van der Waals surface area (Å²) in [6.07, 6.45) is 40.3. The first-order valence-electron chi connectivity index (χ1n) is 23.6. The van der Waals surface area contributed by atoms with Crippen LogP contribution in [0.5, 0.6) is 0 Å². The van der Waals surface area contributed by atoms with E-state index in [9.17, 15) is 23.8 Å². The van der Waals surface area contributed by atoms with Crippen LogP contribution in [0.4, 0.5) is 0 Å². The summed E-state index contributed by atoms with van der Waals surface area (Å²) in [6.45, 7) is 2.84. The van der Waals surface area contributed by atoms with Crippen molar-refractivity contribution in [2.24, 2.45) is 5.73 Å². The Hall–Kier alpha value is -1.52. The largest absolute Gasteiger partial charge is 0.480 e. The van der Waals surface area contributed by atoms with Crippen LogP contribution in [0.3, 0.4) is 0 Å². The molecule has 0 aromatic heterocycles. The van der Waals surface area contributed by atoms with Crippen molar-refractivity contribution in [3.63, 3.8) is 0 Å². The van der Waals surface area contributed by atoms with Crippen molar-refractivity contribution >= 4 is 25.7 Å². The minimum Gasteiger partial charge on any atom is -0.480 e. The van der Waals surface area contributed by atoms with Crippen LogP contribution in [0, 0.1) is 0 Å². The predicted octanol–water partition coefficient (Wildman–Crippen LogP) is 12.7. The molecule has 0 aliphatic rings. The van der Waals surface area contributed by atoms with E-state index in [-0.39, 0.29) is 19.4 Å². The average Bonchev–Trinajstić information content (AvgIpc) is 3.19. The van der Waals surface area contributed by atoms with Gasteiger partial charge in [-0.3, -0.25) is 23.4 Å². The Morgan fingerprint density at radius 2 is 0.772 bits per heavy atom. The van der Waals surface area contributed by atoms with Gasteiger partial charge in [0.2, 0.25) is 0 Å². The van der Waals surface area contributed by atoms with Crippen LogP contribution < -0.4 is 5.73 Å². The molecule has 0 radical (unpaired) electrons. The molecular weight excluding hydrogens is 745 g/mol. The number of hydrogen-bond donors (Lipinski definition) is 3. The molecule has 0 aromatic carbocycles. The van der Waals surface area contributed by atoms with Crippen molar-refractivity contribution in [3.8, 4) is 0 Å². The van der Waals surface area contributed by atoms with E-state index in [1.165, 1.54) is 161 Å². The number of rotatable bonds is 45. The second-order valence-corrected chi connectivity index (χ2v) is 17.7. The van der Waals surface area contributed by atoms with E-state index in [4.69, 9.17) is 24.8 Å². The van der Waals surface area contributed by atoms with Gasteiger partial charge in [0.05, 0.1) is 13.2 Å². The van der Waals surface area contributed by atoms with Gasteiger partial charge in [0.1, 0.15) is 12.6 Å². The second-order valence-electron chi connectivity index (χ2n) is 16.3. The van der Waals surface area contributed by atoms with Gasteiger partial charge in [0, 0.05) is 12.8 Å². The third kappa shape index (κ3) is 41.0. The number of carboxylic acids is 1. The highest BCUT2D eigenvalue weighted by molar-refractivity contribution is 7.47. The minimum atomic E-state index is -4.71. The van der Waals surface area contributed by atoms with E-state index in [0.29, 0.717) is 12.8 Å². The van der Waals surface area contributed by atoms with Crippen molar-refractivity contribution in [3.05, 3.63) is 0 Å². The molecule has 4 N–H and O–H groups in total. The molecule has 0 aliphatic carbocycles. The molecule has 0 amide bonds. The number of esters is 2. The van der Waals surface area contributed by atoms with Crippen LogP contribution in [0.2, 0.25) is 0 Å². The third-order valence-corrected chi connectivity index (χ3v) is 11.6. The molecule has 11 nitrogen and oxygen atoms in total. The van der Waals surface area contributed by atoms with Crippen LogP contribution in [-0.2, 0) is 37.5 Å². The molecule has 12 heteroatoms. The zero-order valence-electron chi connectivity index (χ0n) is 36.7. The third-order valence-electron chi connectivity index (χ3n) is 10.6. The molecule has 0 saturated carbocycles. The molecule has 0 heterocycles. The Bertz CT molecular complexity index is 984. The van der Waals surface area contributed by atoms with Crippen molar-refractivity contribution in [2.45, 2.75) is 251 Å². The van der Waals surface area contributed by atoms with Crippen molar-refractivity contribution in [2.75, 3.05) is 19.8 Å². The number of carboxylic acid groups (broad SMARTS) is 1. The summed E-state index contributed by atoms with van der Waals surface area (Å²) in [6, 6.07) is -1.52. The van der Waals surface area contributed by atoms with Gasteiger partial charge in [-0.05, 0) is 12.8 Å². The van der Waals surface area contributed by atoms with Crippen LogP contribution in [-0.4, -0.2) is 59.9 Å². The van der Waals surface area contributed by atoms with Gasteiger partial charge in [-0.15, -0.1) is 0 Å². The van der Waals surface area contributed by atoms with Gasteiger partial charge >= 0.3 is 25.7 Å². The Labute approximate surface area is 348 Å². The Kier molecular flexibility index (Phi) is 40.1. The van der Waals surface area contributed by atoms with E-state index < -0.39 is 51.1 Å². The summed E-state index contributed by atoms with van der Waals surface area (Å²) in [7, 11) is -4.71. The van der Waals surface area contributed by atoms with Crippen molar-refractivity contribution in [1.29, 1.82) is 0 Å². The van der Waals surface area contributed by atoms with E-state index in [1.807, 2.05) is 0 Å². The topological polar surface area (TPSA) is 172 Å². The van der Waals surface area contributed by atoms with Crippen LogP contribution in [0.15, 0.2) is 0 Å². The molecule has 0 spiro atoms. The highest BCUT2D eigenvalue weighted by Gasteiger charge is 2.28. The molecule has 338 valence electrons. The first-order chi connectivity index (χ1) is 27.6. The molecule has 3 atom stereocenters. The zero-order valence-corrected chi connectivity index (χ0v) is 37.6. The number of ether oxygens (including phenoxy) is 2. The van der Waals surface area contributed by atoms with E-state index in [1.54, 1.807) is 0 Å². The van der Waals surface area contributed by atoms with Crippen LogP contribution in [0.25, 0.3) is 0 Å². The summed E-state index contributed by atoms with van der Waals surface area (Å²) in [5.74, 6) is -2.36. The van der Waals surface area contributed by atoms with E-state index in [0.717, 1.165) is 38.5 Å². The molecule has 0 bridgehead atoms. The minimum absolute atomic E-state index is 0.170. The molecule has 0 fully saturated rings. The summed E-state index contributed by atoms with van der Waals surface area (Å²) in [5, 5.41) is 8.89. The number of carbonyl (C=O) groups excluding carboxylic acids is 2. The SMILES string of the molecule is CCCCCCCCCCCCCCCCCCCCCCCC(=O)O[C@H](COC(=O)CCCCCCCCCCCCCC)COP(=O)(O)OC[C@H](N)C(=O)O. The number of nitrogens with two attached hydrogens (primary N) is 1. The van der Waals surface area contributed by atoms with Gasteiger partial charge in [-0.2, -0.15) is 0 Å². The lowest BCUT2D eigenvalue weighted by atomic mass is 10.0. The van der Waals surface area contributed by atoms with Gasteiger partial charge in [-0.25, -0.2) is 4.57 Å². The number of phosphoric acid groups is 1. The smallest absolute Gasteiger partial charge is 0.472 e.